The van der Waals surface area contributed by atoms with Gasteiger partial charge in [-0.25, -0.2) is 0 Å². The Labute approximate surface area is 173 Å². The Hall–Kier alpha value is -2.60. The van der Waals surface area contributed by atoms with Gasteiger partial charge in [0.25, 0.3) is 5.91 Å². The Balaban J connectivity index is 1.64. The van der Waals surface area contributed by atoms with E-state index in [4.69, 9.17) is 4.74 Å². The van der Waals surface area contributed by atoms with Gasteiger partial charge in [0.15, 0.2) is 0 Å². The second-order valence-corrected chi connectivity index (χ2v) is 7.58. The van der Waals surface area contributed by atoms with Crippen molar-refractivity contribution in [3.8, 4) is 5.75 Å². The van der Waals surface area contributed by atoms with Gasteiger partial charge in [0.1, 0.15) is 12.4 Å². The van der Waals surface area contributed by atoms with Gasteiger partial charge in [-0.1, -0.05) is 28.1 Å². The molecule has 3 rings (SSSR count). The fourth-order valence-electron chi connectivity index (χ4n) is 2.98. The van der Waals surface area contributed by atoms with Crippen LogP contribution in [0.2, 0.25) is 0 Å². The van der Waals surface area contributed by atoms with Gasteiger partial charge >= 0.3 is 0 Å². The lowest BCUT2D eigenvalue weighted by molar-refractivity contribution is 0.0939. The van der Waals surface area contributed by atoms with Crippen molar-refractivity contribution in [2.24, 2.45) is 0 Å². The van der Waals surface area contributed by atoms with E-state index in [0.29, 0.717) is 12.2 Å². The number of halogens is 1. The van der Waals surface area contributed by atoms with Crippen LogP contribution in [0.15, 0.2) is 59.2 Å². The van der Waals surface area contributed by atoms with E-state index in [9.17, 15) is 4.79 Å². The van der Waals surface area contributed by atoms with Crippen LogP contribution in [0.1, 0.15) is 47.1 Å². The van der Waals surface area contributed by atoms with Crippen molar-refractivity contribution in [1.82, 2.24) is 15.1 Å². The number of ether oxygens (including phenoxy) is 1. The van der Waals surface area contributed by atoms with Crippen LogP contribution in [0, 0.1) is 6.92 Å². The average molecular weight is 442 g/mol. The molecule has 28 heavy (non-hydrogen) atoms. The predicted octanol–water partition coefficient (Wildman–Crippen LogP) is 5.04. The second kappa shape index (κ2) is 9.06. The molecule has 0 aliphatic carbocycles. The van der Waals surface area contributed by atoms with E-state index in [2.05, 4.69) is 26.3 Å². The summed E-state index contributed by atoms with van der Waals surface area (Å²) in [7, 11) is 0. The van der Waals surface area contributed by atoms with Crippen molar-refractivity contribution in [3.63, 3.8) is 0 Å². The number of hydrogen-bond acceptors (Lipinski definition) is 3. The van der Waals surface area contributed by atoms with Crippen LogP contribution in [0.25, 0.3) is 0 Å². The lowest BCUT2D eigenvalue weighted by Gasteiger charge is -2.14. The summed E-state index contributed by atoms with van der Waals surface area (Å²) < 4.78 is 8.69. The molecule has 0 aliphatic heterocycles. The summed E-state index contributed by atoms with van der Waals surface area (Å²) in [6.07, 6.45) is 1.99. The number of rotatable bonds is 7. The molecule has 2 aromatic carbocycles. The van der Waals surface area contributed by atoms with E-state index < -0.39 is 0 Å². The number of benzene rings is 2. The molecule has 0 spiro atoms. The Morgan fingerprint density at radius 3 is 2.68 bits per heavy atom. The molecule has 5 nitrogen and oxygen atoms in total. The van der Waals surface area contributed by atoms with Gasteiger partial charge in [-0.05, 0) is 62.7 Å². The SMILES string of the molecule is CCn1cc(C(C)NC(=O)c2cccc(COc3ccc(Br)cc3)c2)c(C)n1. The largest absolute Gasteiger partial charge is 0.489 e. The maximum atomic E-state index is 12.7. The highest BCUT2D eigenvalue weighted by Gasteiger charge is 2.16. The minimum absolute atomic E-state index is 0.110. The lowest BCUT2D eigenvalue weighted by Crippen LogP contribution is -2.27. The fraction of sp³-hybridized carbons (Fsp3) is 0.273. The van der Waals surface area contributed by atoms with Crippen molar-refractivity contribution in [1.29, 1.82) is 0 Å². The highest BCUT2D eigenvalue weighted by Crippen LogP contribution is 2.19. The monoisotopic (exact) mass is 441 g/mol. The first-order chi connectivity index (χ1) is 13.5. The summed E-state index contributed by atoms with van der Waals surface area (Å²) >= 11 is 3.41. The summed E-state index contributed by atoms with van der Waals surface area (Å²) in [5.41, 5.74) is 3.53. The van der Waals surface area contributed by atoms with Crippen LogP contribution in [0.3, 0.4) is 0 Å². The molecule has 0 saturated carbocycles. The van der Waals surface area contributed by atoms with Gasteiger partial charge in [-0.2, -0.15) is 5.10 Å². The number of aromatic nitrogens is 2. The summed E-state index contributed by atoms with van der Waals surface area (Å²) in [5.74, 6) is 0.678. The molecule has 1 aromatic heterocycles. The zero-order valence-corrected chi connectivity index (χ0v) is 17.9. The van der Waals surface area contributed by atoms with Crippen molar-refractivity contribution >= 4 is 21.8 Å². The first-order valence-corrected chi connectivity index (χ1v) is 10.1. The molecule has 1 N–H and O–H groups in total. The van der Waals surface area contributed by atoms with Crippen LogP contribution in [0.4, 0.5) is 0 Å². The third kappa shape index (κ3) is 5.01. The zero-order chi connectivity index (χ0) is 20.1. The molecule has 3 aromatic rings. The zero-order valence-electron chi connectivity index (χ0n) is 16.3. The molecule has 0 saturated heterocycles. The third-order valence-electron chi connectivity index (χ3n) is 4.53. The van der Waals surface area contributed by atoms with Crippen molar-refractivity contribution < 1.29 is 9.53 Å². The molecule has 1 atom stereocenters. The maximum absolute atomic E-state index is 12.7. The van der Waals surface area contributed by atoms with E-state index in [1.807, 2.05) is 80.2 Å². The second-order valence-electron chi connectivity index (χ2n) is 6.66. The molecule has 0 bridgehead atoms. The third-order valence-corrected chi connectivity index (χ3v) is 5.06. The first kappa shape index (κ1) is 20.1. The van der Waals surface area contributed by atoms with Gasteiger partial charge in [0.2, 0.25) is 0 Å². The van der Waals surface area contributed by atoms with Crippen LogP contribution < -0.4 is 10.1 Å². The number of aryl methyl sites for hydroxylation is 2. The topological polar surface area (TPSA) is 56.2 Å². The van der Waals surface area contributed by atoms with Crippen molar-refractivity contribution in [3.05, 3.63) is 81.6 Å². The minimum Gasteiger partial charge on any atom is -0.489 e. The average Bonchev–Trinajstić information content (AvgIpc) is 3.09. The summed E-state index contributed by atoms with van der Waals surface area (Å²) in [4.78, 5) is 12.7. The number of nitrogens with zero attached hydrogens (tertiary/aromatic N) is 2. The predicted molar refractivity (Wildman–Crippen MR) is 113 cm³/mol. The normalized spacial score (nSPS) is 11.9. The highest BCUT2D eigenvalue weighted by atomic mass is 79.9. The Bertz CT molecular complexity index is 951. The maximum Gasteiger partial charge on any atom is 0.251 e. The molecular formula is C22H24BrN3O2. The van der Waals surface area contributed by atoms with Crippen molar-refractivity contribution in [2.75, 3.05) is 0 Å². The van der Waals surface area contributed by atoms with Gasteiger partial charge in [0.05, 0.1) is 11.7 Å². The van der Waals surface area contributed by atoms with E-state index >= 15 is 0 Å². The summed E-state index contributed by atoms with van der Waals surface area (Å²) in [5, 5.41) is 7.51. The van der Waals surface area contributed by atoms with E-state index in [-0.39, 0.29) is 11.9 Å². The smallest absolute Gasteiger partial charge is 0.251 e. The lowest BCUT2D eigenvalue weighted by atomic mass is 10.1. The molecule has 0 aliphatic rings. The number of carbonyl (C=O) groups is 1. The van der Waals surface area contributed by atoms with E-state index in [1.54, 1.807) is 0 Å². The highest BCUT2D eigenvalue weighted by molar-refractivity contribution is 9.10. The van der Waals surface area contributed by atoms with Crippen LogP contribution in [0.5, 0.6) is 5.75 Å². The van der Waals surface area contributed by atoms with Gasteiger partial charge in [-0.3, -0.25) is 9.48 Å². The van der Waals surface area contributed by atoms with Gasteiger partial charge < -0.3 is 10.1 Å². The standard InChI is InChI=1S/C22H24BrN3O2/c1-4-26-13-21(16(3)25-26)15(2)24-22(27)18-7-5-6-17(12-18)14-28-20-10-8-19(23)9-11-20/h5-13,15H,4,14H2,1-3H3,(H,24,27). The first-order valence-electron chi connectivity index (χ1n) is 9.28. The Morgan fingerprint density at radius 1 is 1.25 bits per heavy atom. The van der Waals surface area contributed by atoms with Gasteiger partial charge in [-0.15, -0.1) is 0 Å². The van der Waals surface area contributed by atoms with E-state index in [1.165, 1.54) is 0 Å². The fourth-order valence-corrected chi connectivity index (χ4v) is 3.24. The molecule has 6 heteroatoms. The number of nitrogens with one attached hydrogen (secondary N) is 1. The molecular weight excluding hydrogens is 418 g/mol. The Morgan fingerprint density at radius 2 is 2.00 bits per heavy atom. The molecule has 0 radical (unpaired) electrons. The van der Waals surface area contributed by atoms with Crippen molar-refractivity contribution in [2.45, 2.75) is 40.0 Å². The van der Waals surface area contributed by atoms with Gasteiger partial charge in [0, 0.05) is 28.3 Å². The number of amides is 1. The molecule has 1 amide bonds. The molecule has 1 unspecified atom stereocenters. The summed E-state index contributed by atoms with van der Waals surface area (Å²) in [6, 6.07) is 15.1. The summed E-state index contributed by atoms with van der Waals surface area (Å²) in [6.45, 7) is 7.19. The molecule has 1 heterocycles. The van der Waals surface area contributed by atoms with Crippen LogP contribution in [-0.4, -0.2) is 15.7 Å². The minimum atomic E-state index is -0.115. The Kier molecular flexibility index (Phi) is 6.52. The number of hydrogen-bond donors (Lipinski definition) is 1. The molecule has 0 fully saturated rings. The number of carbonyl (C=O) groups excluding carboxylic acids is 1. The van der Waals surface area contributed by atoms with Crippen LogP contribution in [-0.2, 0) is 13.2 Å². The molecule has 146 valence electrons. The van der Waals surface area contributed by atoms with Crippen LogP contribution >= 0.6 is 15.9 Å². The quantitative estimate of drug-likeness (QED) is 0.558. The van der Waals surface area contributed by atoms with E-state index in [0.717, 1.165) is 33.6 Å².